The van der Waals surface area contributed by atoms with Gasteiger partial charge in [0.1, 0.15) is 15.4 Å². The first kappa shape index (κ1) is 18.4. The molecule has 0 spiro atoms. The van der Waals surface area contributed by atoms with Crippen LogP contribution in [0.3, 0.4) is 0 Å². The van der Waals surface area contributed by atoms with E-state index in [4.69, 9.17) is 0 Å². The van der Waals surface area contributed by atoms with Crippen LogP contribution in [0.15, 0.2) is 0 Å². The zero-order valence-electron chi connectivity index (χ0n) is 12.6. The second-order valence-electron chi connectivity index (χ2n) is 5.41. The highest BCUT2D eigenvalue weighted by Crippen LogP contribution is 2.11. The van der Waals surface area contributed by atoms with Gasteiger partial charge >= 0.3 is 0 Å². The highest BCUT2D eigenvalue weighted by atomic mass is 32.2. The van der Waals surface area contributed by atoms with Crippen molar-refractivity contribution < 1.29 is 8.42 Å². The molecule has 0 amide bonds. The zero-order valence-corrected chi connectivity index (χ0v) is 13.4. The zero-order chi connectivity index (χ0) is 14.9. The van der Waals surface area contributed by atoms with Crippen molar-refractivity contribution in [2.75, 3.05) is 38.7 Å². The van der Waals surface area contributed by atoms with Crippen LogP contribution in [-0.4, -0.2) is 57.5 Å². The van der Waals surface area contributed by atoms with E-state index < -0.39 is 15.4 Å². The lowest BCUT2D eigenvalue weighted by molar-refractivity contribution is 0.317. The molecule has 1 unspecified atom stereocenters. The van der Waals surface area contributed by atoms with Gasteiger partial charge in [0.15, 0.2) is 0 Å². The third kappa shape index (κ3) is 9.88. The Morgan fingerprint density at radius 3 is 2.47 bits per heavy atom. The molecule has 0 aromatic rings. The standard InChI is InChI=1S/C13H27N3O2S/c1-5-8-15-13(2,12-14)7-6-9-16(3)10-11-19(4,17)18/h15H,5-11H2,1-4H3. The molecule has 0 aliphatic heterocycles. The molecular formula is C13H27N3O2S. The van der Waals surface area contributed by atoms with Gasteiger partial charge in [0.05, 0.1) is 11.8 Å². The maximum absolute atomic E-state index is 11.1. The van der Waals surface area contributed by atoms with E-state index in [1.54, 1.807) is 0 Å². The molecule has 0 fully saturated rings. The second-order valence-corrected chi connectivity index (χ2v) is 7.67. The number of hydrogen-bond donors (Lipinski definition) is 1. The summed E-state index contributed by atoms with van der Waals surface area (Å²) in [7, 11) is -0.985. The molecular weight excluding hydrogens is 262 g/mol. The minimum atomic E-state index is -2.90. The summed E-state index contributed by atoms with van der Waals surface area (Å²) in [6.07, 6.45) is 3.90. The first-order valence-corrected chi connectivity index (χ1v) is 8.81. The van der Waals surface area contributed by atoms with Gasteiger partial charge in [-0.1, -0.05) is 6.92 Å². The normalized spacial score (nSPS) is 15.2. The van der Waals surface area contributed by atoms with Gasteiger partial charge in [0.2, 0.25) is 0 Å². The molecule has 0 bridgehead atoms. The molecule has 0 aliphatic rings. The van der Waals surface area contributed by atoms with E-state index >= 15 is 0 Å². The predicted molar refractivity (Wildman–Crippen MR) is 78.8 cm³/mol. The molecule has 0 aromatic carbocycles. The van der Waals surface area contributed by atoms with Crippen molar-refractivity contribution in [3.8, 4) is 6.07 Å². The second kappa shape index (κ2) is 8.51. The third-order valence-corrected chi connectivity index (χ3v) is 4.00. The van der Waals surface area contributed by atoms with Crippen molar-refractivity contribution in [1.29, 1.82) is 5.26 Å². The molecule has 19 heavy (non-hydrogen) atoms. The maximum atomic E-state index is 11.1. The molecule has 0 saturated heterocycles. The summed E-state index contributed by atoms with van der Waals surface area (Å²) in [6.45, 7) is 6.18. The Bertz CT molecular complexity index is 389. The number of nitrogens with zero attached hydrogens (tertiary/aromatic N) is 2. The summed E-state index contributed by atoms with van der Waals surface area (Å²) >= 11 is 0. The summed E-state index contributed by atoms with van der Waals surface area (Å²) < 4.78 is 22.1. The Morgan fingerprint density at radius 1 is 1.37 bits per heavy atom. The van der Waals surface area contributed by atoms with Gasteiger partial charge in [-0.05, 0) is 46.3 Å². The Kier molecular flexibility index (Phi) is 8.23. The Labute approximate surface area is 117 Å². The number of nitrogens with one attached hydrogen (secondary N) is 1. The first-order valence-electron chi connectivity index (χ1n) is 6.75. The van der Waals surface area contributed by atoms with E-state index in [2.05, 4.69) is 18.3 Å². The molecule has 0 rings (SSSR count). The van der Waals surface area contributed by atoms with Gasteiger partial charge in [-0.2, -0.15) is 5.26 Å². The van der Waals surface area contributed by atoms with Gasteiger partial charge in [-0.3, -0.25) is 5.32 Å². The van der Waals surface area contributed by atoms with E-state index in [0.717, 1.165) is 32.4 Å². The third-order valence-electron chi connectivity index (χ3n) is 3.07. The van der Waals surface area contributed by atoms with Crippen molar-refractivity contribution in [2.45, 2.75) is 38.6 Å². The Hall–Kier alpha value is -0.640. The van der Waals surface area contributed by atoms with Crippen LogP contribution >= 0.6 is 0 Å². The lowest BCUT2D eigenvalue weighted by atomic mass is 9.97. The van der Waals surface area contributed by atoms with Gasteiger partial charge in [0.25, 0.3) is 0 Å². The summed E-state index contributed by atoms with van der Waals surface area (Å²) in [5.41, 5.74) is -0.478. The van der Waals surface area contributed by atoms with Gasteiger partial charge in [0, 0.05) is 12.8 Å². The van der Waals surface area contributed by atoms with Crippen LogP contribution in [0, 0.1) is 11.3 Å². The minimum Gasteiger partial charge on any atom is -0.305 e. The molecule has 1 N–H and O–H groups in total. The number of nitriles is 1. The summed E-state index contributed by atoms with van der Waals surface area (Å²) in [6, 6.07) is 2.32. The van der Waals surface area contributed by atoms with Crippen molar-refractivity contribution >= 4 is 9.84 Å². The highest BCUT2D eigenvalue weighted by molar-refractivity contribution is 7.90. The molecule has 0 radical (unpaired) electrons. The van der Waals surface area contributed by atoms with Crippen LogP contribution in [0.5, 0.6) is 0 Å². The SMILES string of the molecule is CCCNC(C)(C#N)CCCN(C)CCS(C)(=O)=O. The summed E-state index contributed by atoms with van der Waals surface area (Å²) in [5.74, 6) is 0.188. The minimum absolute atomic E-state index is 0.188. The smallest absolute Gasteiger partial charge is 0.148 e. The lowest BCUT2D eigenvalue weighted by Crippen LogP contribution is -2.42. The van der Waals surface area contributed by atoms with Crippen molar-refractivity contribution in [1.82, 2.24) is 10.2 Å². The maximum Gasteiger partial charge on any atom is 0.148 e. The van der Waals surface area contributed by atoms with Gasteiger partial charge in [-0.25, -0.2) is 8.42 Å². The van der Waals surface area contributed by atoms with Gasteiger partial charge < -0.3 is 4.90 Å². The quantitative estimate of drug-likeness (QED) is 0.650. The first-order chi connectivity index (χ1) is 8.72. The fourth-order valence-corrected chi connectivity index (χ4v) is 2.36. The monoisotopic (exact) mass is 289 g/mol. The predicted octanol–water partition coefficient (Wildman–Crippen LogP) is 1.02. The number of sulfone groups is 1. The van der Waals surface area contributed by atoms with Crippen LogP contribution < -0.4 is 5.32 Å². The van der Waals surface area contributed by atoms with Crippen LogP contribution in [0.25, 0.3) is 0 Å². The van der Waals surface area contributed by atoms with Crippen LogP contribution in [0.1, 0.15) is 33.1 Å². The van der Waals surface area contributed by atoms with Crippen molar-refractivity contribution in [3.63, 3.8) is 0 Å². The Morgan fingerprint density at radius 2 is 2.00 bits per heavy atom. The van der Waals surface area contributed by atoms with E-state index in [1.165, 1.54) is 6.26 Å². The van der Waals surface area contributed by atoms with Crippen LogP contribution in [-0.2, 0) is 9.84 Å². The lowest BCUT2D eigenvalue weighted by Gasteiger charge is -2.24. The highest BCUT2D eigenvalue weighted by Gasteiger charge is 2.21. The summed E-state index contributed by atoms with van der Waals surface area (Å²) in [4.78, 5) is 2.00. The average Bonchev–Trinajstić information content (AvgIpc) is 2.33. The molecule has 0 saturated carbocycles. The fourth-order valence-electron chi connectivity index (χ4n) is 1.72. The number of rotatable bonds is 10. The molecule has 6 heteroatoms. The fraction of sp³-hybridized carbons (Fsp3) is 0.923. The molecule has 5 nitrogen and oxygen atoms in total. The van der Waals surface area contributed by atoms with E-state index in [-0.39, 0.29) is 5.75 Å². The van der Waals surface area contributed by atoms with Gasteiger partial charge in [-0.15, -0.1) is 0 Å². The largest absolute Gasteiger partial charge is 0.305 e. The van der Waals surface area contributed by atoms with Crippen LogP contribution in [0.2, 0.25) is 0 Å². The van der Waals surface area contributed by atoms with Crippen LogP contribution in [0.4, 0.5) is 0 Å². The Balaban J connectivity index is 3.97. The summed E-state index contributed by atoms with van der Waals surface area (Å²) in [5, 5.41) is 12.4. The average molecular weight is 289 g/mol. The van der Waals surface area contributed by atoms with E-state index in [0.29, 0.717) is 6.54 Å². The molecule has 0 aromatic heterocycles. The number of hydrogen-bond acceptors (Lipinski definition) is 5. The molecule has 0 heterocycles. The van der Waals surface area contributed by atoms with Crippen molar-refractivity contribution in [3.05, 3.63) is 0 Å². The molecule has 112 valence electrons. The van der Waals surface area contributed by atoms with E-state index in [9.17, 15) is 13.7 Å². The van der Waals surface area contributed by atoms with E-state index in [1.807, 2.05) is 18.9 Å². The van der Waals surface area contributed by atoms with Crippen molar-refractivity contribution in [2.24, 2.45) is 0 Å². The topological polar surface area (TPSA) is 73.2 Å². The molecule has 1 atom stereocenters. The molecule has 0 aliphatic carbocycles.